The van der Waals surface area contributed by atoms with Crippen LogP contribution in [0.25, 0.3) is 5.57 Å². The van der Waals surface area contributed by atoms with Gasteiger partial charge in [0.05, 0.1) is 13.0 Å². The van der Waals surface area contributed by atoms with Crippen molar-refractivity contribution in [1.82, 2.24) is 4.90 Å². The Morgan fingerprint density at radius 3 is 3.10 bits per heavy atom. The number of ether oxygens (including phenoxy) is 1. The average molecular weight is 285 g/mol. The second-order valence-electron chi connectivity index (χ2n) is 5.58. The molecule has 0 amide bonds. The molecule has 3 rings (SSSR count). The molecule has 4 nitrogen and oxygen atoms in total. The molecule has 1 unspecified atom stereocenters. The number of ketones is 1. The molecule has 2 aliphatic rings. The Morgan fingerprint density at radius 1 is 1.57 bits per heavy atom. The van der Waals surface area contributed by atoms with Crippen LogP contribution in [0.2, 0.25) is 0 Å². The Labute approximate surface area is 124 Å². The third kappa shape index (κ3) is 2.41. The molecule has 4 heteroatoms. The molecule has 0 bridgehead atoms. The van der Waals surface area contributed by atoms with Gasteiger partial charge in [0.1, 0.15) is 11.9 Å². The van der Waals surface area contributed by atoms with Gasteiger partial charge in [0.15, 0.2) is 5.78 Å². The Morgan fingerprint density at radius 2 is 2.38 bits per heavy atom. The summed E-state index contributed by atoms with van der Waals surface area (Å²) in [5, 5.41) is 9.51. The molecule has 21 heavy (non-hydrogen) atoms. The van der Waals surface area contributed by atoms with E-state index in [-0.39, 0.29) is 24.9 Å². The Balaban J connectivity index is 2.08. The number of likely N-dealkylation sites (N-methyl/N-ethyl adjacent to an activating group) is 1. The van der Waals surface area contributed by atoms with Crippen LogP contribution in [0.5, 0.6) is 5.75 Å². The highest BCUT2D eigenvalue weighted by molar-refractivity contribution is 5.93. The van der Waals surface area contributed by atoms with E-state index in [0.717, 1.165) is 35.5 Å². The molecule has 1 atom stereocenters. The summed E-state index contributed by atoms with van der Waals surface area (Å²) >= 11 is 0. The minimum absolute atomic E-state index is 0.0293. The van der Waals surface area contributed by atoms with Gasteiger partial charge >= 0.3 is 0 Å². The van der Waals surface area contributed by atoms with Gasteiger partial charge < -0.3 is 9.84 Å². The highest BCUT2D eigenvalue weighted by Crippen LogP contribution is 2.44. The smallest absolute Gasteiger partial charge is 0.159 e. The lowest BCUT2D eigenvalue weighted by atomic mass is 9.94. The van der Waals surface area contributed by atoms with E-state index in [1.807, 2.05) is 12.1 Å². The number of aliphatic hydroxyl groups is 1. The molecule has 1 aromatic rings. The van der Waals surface area contributed by atoms with Crippen LogP contribution >= 0.6 is 0 Å². The van der Waals surface area contributed by atoms with Crippen molar-refractivity contribution < 1.29 is 14.6 Å². The first-order valence-electron chi connectivity index (χ1n) is 7.10. The fourth-order valence-corrected chi connectivity index (χ4v) is 3.00. The van der Waals surface area contributed by atoms with Gasteiger partial charge in [0.2, 0.25) is 0 Å². The number of benzene rings is 1. The van der Waals surface area contributed by atoms with Crippen LogP contribution in [-0.2, 0) is 17.9 Å². The fraction of sp³-hybridized carbons (Fsp3) is 0.353. The zero-order valence-corrected chi connectivity index (χ0v) is 12.1. The summed E-state index contributed by atoms with van der Waals surface area (Å²) in [6, 6.07) is 3.95. The molecule has 0 saturated carbocycles. The van der Waals surface area contributed by atoms with Crippen LogP contribution in [0, 0.1) is 0 Å². The maximum absolute atomic E-state index is 11.7. The van der Waals surface area contributed by atoms with Gasteiger partial charge in [0.25, 0.3) is 0 Å². The van der Waals surface area contributed by atoms with E-state index in [4.69, 9.17) is 4.74 Å². The quantitative estimate of drug-likeness (QED) is 0.859. The largest absolute Gasteiger partial charge is 0.484 e. The molecule has 0 aromatic heterocycles. The molecule has 2 aliphatic heterocycles. The molecule has 2 heterocycles. The van der Waals surface area contributed by atoms with Crippen LogP contribution in [0.15, 0.2) is 30.9 Å². The standard InChI is InChI=1S/C17H19NO3/c1-3-13(20)8-15-14-6-7-18(2)9-11-4-5-12(10-19)17(21-15)16(11)14/h3-6,15,19H,1,7-10H2,2H3. The summed E-state index contributed by atoms with van der Waals surface area (Å²) in [4.78, 5) is 13.9. The second kappa shape index (κ2) is 5.47. The lowest BCUT2D eigenvalue weighted by Crippen LogP contribution is -2.19. The summed E-state index contributed by atoms with van der Waals surface area (Å²) in [5.41, 5.74) is 4.09. The van der Waals surface area contributed by atoms with Crippen molar-refractivity contribution in [3.8, 4) is 5.75 Å². The van der Waals surface area contributed by atoms with Crippen LogP contribution in [0.4, 0.5) is 0 Å². The molecule has 0 aliphatic carbocycles. The first-order valence-corrected chi connectivity index (χ1v) is 7.10. The van der Waals surface area contributed by atoms with Gasteiger partial charge in [0, 0.05) is 29.8 Å². The van der Waals surface area contributed by atoms with Gasteiger partial charge in [-0.3, -0.25) is 9.69 Å². The first kappa shape index (κ1) is 14.0. The average Bonchev–Trinajstić information content (AvgIpc) is 2.74. The predicted octanol–water partition coefficient (Wildman–Crippen LogP) is 1.91. The minimum Gasteiger partial charge on any atom is -0.484 e. The van der Waals surface area contributed by atoms with E-state index in [0.29, 0.717) is 0 Å². The van der Waals surface area contributed by atoms with E-state index in [1.54, 1.807) is 0 Å². The van der Waals surface area contributed by atoms with Crippen LogP contribution in [-0.4, -0.2) is 35.5 Å². The minimum atomic E-state index is -0.275. The molecule has 1 N–H and O–H groups in total. The van der Waals surface area contributed by atoms with Crippen molar-refractivity contribution in [2.75, 3.05) is 13.6 Å². The lowest BCUT2D eigenvalue weighted by molar-refractivity contribution is -0.115. The molecule has 0 spiro atoms. The predicted molar refractivity (Wildman–Crippen MR) is 80.9 cm³/mol. The van der Waals surface area contributed by atoms with Gasteiger partial charge in [-0.15, -0.1) is 0 Å². The lowest BCUT2D eigenvalue weighted by Gasteiger charge is -2.15. The SMILES string of the molecule is C=CC(=O)CC1Oc2c(CO)ccc3c2C1=CCN(C)C3. The molecule has 0 saturated heterocycles. The summed E-state index contributed by atoms with van der Waals surface area (Å²) < 4.78 is 6.00. The van der Waals surface area contributed by atoms with E-state index < -0.39 is 0 Å². The zero-order chi connectivity index (χ0) is 15.0. The number of carbonyl (C=O) groups is 1. The van der Waals surface area contributed by atoms with E-state index >= 15 is 0 Å². The Kier molecular flexibility index (Phi) is 3.66. The first-order chi connectivity index (χ1) is 10.1. The van der Waals surface area contributed by atoms with Crippen molar-refractivity contribution >= 4 is 11.4 Å². The summed E-state index contributed by atoms with van der Waals surface area (Å²) in [6.07, 6.45) is 3.48. The highest BCUT2D eigenvalue weighted by atomic mass is 16.5. The summed E-state index contributed by atoms with van der Waals surface area (Å²) in [6.45, 7) is 5.12. The van der Waals surface area contributed by atoms with Crippen molar-refractivity contribution in [1.29, 1.82) is 0 Å². The van der Waals surface area contributed by atoms with Gasteiger partial charge in [-0.1, -0.05) is 24.8 Å². The number of allylic oxidation sites excluding steroid dienone is 1. The van der Waals surface area contributed by atoms with Gasteiger partial charge in [-0.05, 0) is 18.7 Å². The maximum atomic E-state index is 11.7. The molecule has 0 radical (unpaired) electrons. The third-order valence-corrected chi connectivity index (χ3v) is 4.07. The number of rotatable bonds is 4. The van der Waals surface area contributed by atoms with Crippen LogP contribution in [0.3, 0.4) is 0 Å². The maximum Gasteiger partial charge on any atom is 0.159 e. The number of aliphatic hydroxyl groups excluding tert-OH is 1. The fourth-order valence-electron chi connectivity index (χ4n) is 3.00. The van der Waals surface area contributed by atoms with Crippen molar-refractivity contribution in [3.63, 3.8) is 0 Å². The van der Waals surface area contributed by atoms with Crippen molar-refractivity contribution in [2.24, 2.45) is 0 Å². The number of carbonyl (C=O) groups excluding carboxylic acids is 1. The topological polar surface area (TPSA) is 49.8 Å². The zero-order valence-electron chi connectivity index (χ0n) is 12.1. The Hall–Kier alpha value is -1.91. The third-order valence-electron chi connectivity index (χ3n) is 4.07. The number of hydrogen-bond donors (Lipinski definition) is 1. The van der Waals surface area contributed by atoms with Gasteiger partial charge in [-0.25, -0.2) is 0 Å². The van der Waals surface area contributed by atoms with Crippen molar-refractivity contribution in [3.05, 3.63) is 47.6 Å². The second-order valence-corrected chi connectivity index (χ2v) is 5.58. The van der Waals surface area contributed by atoms with Gasteiger partial charge in [-0.2, -0.15) is 0 Å². The monoisotopic (exact) mass is 285 g/mol. The molecular weight excluding hydrogens is 266 g/mol. The molecule has 0 fully saturated rings. The van der Waals surface area contributed by atoms with E-state index in [1.165, 1.54) is 11.6 Å². The summed E-state index contributed by atoms with van der Waals surface area (Å²) in [5.74, 6) is 0.705. The number of nitrogens with zero attached hydrogens (tertiary/aromatic N) is 1. The summed E-state index contributed by atoms with van der Waals surface area (Å²) in [7, 11) is 2.06. The normalized spacial score (nSPS) is 20.3. The van der Waals surface area contributed by atoms with Crippen molar-refractivity contribution in [2.45, 2.75) is 25.7 Å². The number of hydrogen-bond acceptors (Lipinski definition) is 4. The van der Waals surface area contributed by atoms with E-state index in [9.17, 15) is 9.90 Å². The Bertz CT molecular complexity index is 633. The molecular formula is C17H19NO3. The van der Waals surface area contributed by atoms with Crippen LogP contribution < -0.4 is 4.74 Å². The van der Waals surface area contributed by atoms with Crippen LogP contribution in [0.1, 0.15) is 23.1 Å². The van der Waals surface area contributed by atoms with E-state index in [2.05, 4.69) is 24.6 Å². The molecule has 1 aromatic carbocycles. The molecule has 110 valence electrons. The highest BCUT2D eigenvalue weighted by Gasteiger charge is 2.34.